The van der Waals surface area contributed by atoms with Crippen LogP contribution in [-0.2, 0) is 6.42 Å². The Kier molecular flexibility index (Phi) is 4.34. The van der Waals surface area contributed by atoms with Gasteiger partial charge in [0.25, 0.3) is 0 Å². The van der Waals surface area contributed by atoms with E-state index in [0.29, 0.717) is 6.54 Å². The molecule has 0 saturated heterocycles. The normalized spacial score (nSPS) is 12.4. The van der Waals surface area contributed by atoms with E-state index < -0.39 is 0 Å². The standard InChI is InChI=1S/C15H15ClFN/c16-14-5-3-12(4-6-14)13(10-18)9-11-1-7-15(17)8-2-11/h1-8,13H,9-10,18H2. The van der Waals surface area contributed by atoms with Crippen LogP contribution in [0, 0.1) is 5.82 Å². The van der Waals surface area contributed by atoms with E-state index in [4.69, 9.17) is 17.3 Å². The first kappa shape index (κ1) is 13.1. The number of hydrogen-bond acceptors (Lipinski definition) is 1. The van der Waals surface area contributed by atoms with Crippen LogP contribution in [0.5, 0.6) is 0 Å². The molecule has 2 rings (SSSR count). The molecular formula is C15H15ClFN. The Hall–Kier alpha value is -1.38. The summed E-state index contributed by atoms with van der Waals surface area (Å²) in [6, 6.07) is 14.3. The maximum Gasteiger partial charge on any atom is 0.123 e. The van der Waals surface area contributed by atoms with E-state index in [9.17, 15) is 4.39 Å². The van der Waals surface area contributed by atoms with Gasteiger partial charge in [-0.3, -0.25) is 0 Å². The molecule has 2 N–H and O–H groups in total. The summed E-state index contributed by atoms with van der Waals surface area (Å²) in [5, 5.41) is 0.719. The van der Waals surface area contributed by atoms with Crippen molar-refractivity contribution in [1.82, 2.24) is 0 Å². The van der Waals surface area contributed by atoms with Gasteiger partial charge in [0.1, 0.15) is 5.82 Å². The molecule has 1 atom stereocenters. The number of rotatable bonds is 4. The molecule has 2 aromatic carbocycles. The first-order valence-electron chi connectivity index (χ1n) is 5.89. The molecule has 0 heterocycles. The molecule has 18 heavy (non-hydrogen) atoms. The minimum Gasteiger partial charge on any atom is -0.330 e. The molecule has 0 fully saturated rings. The number of benzene rings is 2. The van der Waals surface area contributed by atoms with Crippen LogP contribution in [0.25, 0.3) is 0 Å². The minimum atomic E-state index is -0.213. The smallest absolute Gasteiger partial charge is 0.123 e. The molecule has 0 spiro atoms. The average molecular weight is 264 g/mol. The van der Waals surface area contributed by atoms with Crippen LogP contribution in [0.15, 0.2) is 48.5 Å². The van der Waals surface area contributed by atoms with E-state index in [0.717, 1.165) is 22.6 Å². The van der Waals surface area contributed by atoms with Crippen molar-refractivity contribution < 1.29 is 4.39 Å². The summed E-state index contributed by atoms with van der Waals surface area (Å²) in [5.41, 5.74) is 8.06. The van der Waals surface area contributed by atoms with Crippen molar-refractivity contribution in [3.8, 4) is 0 Å². The molecule has 0 amide bonds. The van der Waals surface area contributed by atoms with Crippen LogP contribution in [0.4, 0.5) is 4.39 Å². The van der Waals surface area contributed by atoms with Crippen molar-refractivity contribution in [1.29, 1.82) is 0 Å². The molecule has 0 aromatic heterocycles. The fourth-order valence-electron chi connectivity index (χ4n) is 1.98. The topological polar surface area (TPSA) is 26.0 Å². The Balaban J connectivity index is 2.14. The van der Waals surface area contributed by atoms with Gasteiger partial charge in [0.2, 0.25) is 0 Å². The second-order valence-electron chi connectivity index (χ2n) is 4.31. The van der Waals surface area contributed by atoms with E-state index in [-0.39, 0.29) is 11.7 Å². The van der Waals surface area contributed by atoms with Gasteiger partial charge in [-0.1, -0.05) is 35.9 Å². The predicted octanol–water partition coefficient (Wildman–Crippen LogP) is 3.76. The lowest BCUT2D eigenvalue weighted by molar-refractivity contribution is 0.625. The van der Waals surface area contributed by atoms with Crippen LogP contribution >= 0.6 is 11.6 Å². The van der Waals surface area contributed by atoms with Gasteiger partial charge in [0.15, 0.2) is 0 Å². The van der Waals surface area contributed by atoms with E-state index in [2.05, 4.69) is 0 Å². The fraction of sp³-hybridized carbons (Fsp3) is 0.200. The highest BCUT2D eigenvalue weighted by Gasteiger charge is 2.10. The van der Waals surface area contributed by atoms with Gasteiger partial charge in [-0.15, -0.1) is 0 Å². The summed E-state index contributed by atoms with van der Waals surface area (Å²) in [6.07, 6.45) is 0.804. The second-order valence-corrected chi connectivity index (χ2v) is 4.75. The fourth-order valence-corrected chi connectivity index (χ4v) is 2.10. The Bertz CT molecular complexity index is 493. The zero-order valence-electron chi connectivity index (χ0n) is 9.94. The highest BCUT2D eigenvalue weighted by Crippen LogP contribution is 2.22. The predicted molar refractivity (Wildman–Crippen MR) is 73.4 cm³/mol. The molecule has 1 nitrogen and oxygen atoms in total. The van der Waals surface area contributed by atoms with Crippen LogP contribution < -0.4 is 5.73 Å². The van der Waals surface area contributed by atoms with E-state index in [1.54, 1.807) is 12.1 Å². The second kappa shape index (κ2) is 5.98. The lowest BCUT2D eigenvalue weighted by Crippen LogP contribution is -2.15. The van der Waals surface area contributed by atoms with E-state index in [1.807, 2.05) is 24.3 Å². The molecule has 0 radical (unpaired) electrons. The monoisotopic (exact) mass is 263 g/mol. The van der Waals surface area contributed by atoms with Crippen molar-refractivity contribution in [3.63, 3.8) is 0 Å². The molecule has 0 aliphatic carbocycles. The molecule has 0 aliphatic rings. The van der Waals surface area contributed by atoms with Crippen LogP contribution in [0.2, 0.25) is 5.02 Å². The molecular weight excluding hydrogens is 249 g/mol. The van der Waals surface area contributed by atoms with Crippen LogP contribution in [0.3, 0.4) is 0 Å². The highest BCUT2D eigenvalue weighted by molar-refractivity contribution is 6.30. The first-order valence-corrected chi connectivity index (χ1v) is 6.27. The zero-order chi connectivity index (χ0) is 13.0. The summed E-state index contributed by atoms with van der Waals surface area (Å²) < 4.78 is 12.8. The van der Waals surface area contributed by atoms with Gasteiger partial charge in [0.05, 0.1) is 0 Å². The molecule has 1 unspecified atom stereocenters. The summed E-state index contributed by atoms with van der Waals surface area (Å²) >= 11 is 5.86. The Morgan fingerprint density at radius 1 is 1.00 bits per heavy atom. The molecule has 94 valence electrons. The Morgan fingerprint density at radius 2 is 1.61 bits per heavy atom. The van der Waals surface area contributed by atoms with Gasteiger partial charge in [-0.2, -0.15) is 0 Å². The summed E-state index contributed by atoms with van der Waals surface area (Å²) in [4.78, 5) is 0. The van der Waals surface area contributed by atoms with Crippen molar-refractivity contribution in [3.05, 3.63) is 70.5 Å². The van der Waals surface area contributed by atoms with Crippen molar-refractivity contribution in [2.45, 2.75) is 12.3 Å². The molecule has 0 bridgehead atoms. The third-order valence-electron chi connectivity index (χ3n) is 3.02. The minimum absolute atomic E-state index is 0.213. The van der Waals surface area contributed by atoms with Crippen LogP contribution in [-0.4, -0.2) is 6.54 Å². The number of nitrogens with two attached hydrogens (primary N) is 1. The van der Waals surface area contributed by atoms with Gasteiger partial charge in [0, 0.05) is 10.9 Å². The largest absolute Gasteiger partial charge is 0.330 e. The maximum absolute atomic E-state index is 12.8. The zero-order valence-corrected chi connectivity index (χ0v) is 10.7. The molecule has 0 saturated carbocycles. The van der Waals surface area contributed by atoms with Gasteiger partial charge < -0.3 is 5.73 Å². The van der Waals surface area contributed by atoms with E-state index >= 15 is 0 Å². The van der Waals surface area contributed by atoms with Gasteiger partial charge in [-0.25, -0.2) is 4.39 Å². The molecule has 2 aromatic rings. The summed E-state index contributed by atoms with van der Waals surface area (Å²) in [6.45, 7) is 0.555. The third kappa shape index (κ3) is 3.31. The number of hydrogen-bond donors (Lipinski definition) is 1. The quantitative estimate of drug-likeness (QED) is 0.893. The Labute approximate surface area is 111 Å². The van der Waals surface area contributed by atoms with Crippen molar-refractivity contribution >= 4 is 11.6 Å². The average Bonchev–Trinajstić information content (AvgIpc) is 2.39. The van der Waals surface area contributed by atoms with Crippen LogP contribution in [0.1, 0.15) is 17.0 Å². The summed E-state index contributed by atoms with van der Waals surface area (Å²) in [7, 11) is 0. The highest BCUT2D eigenvalue weighted by atomic mass is 35.5. The SMILES string of the molecule is NCC(Cc1ccc(F)cc1)c1ccc(Cl)cc1. The number of halogens is 2. The first-order chi connectivity index (χ1) is 8.69. The molecule has 3 heteroatoms. The van der Waals surface area contributed by atoms with E-state index in [1.165, 1.54) is 12.1 Å². The lowest BCUT2D eigenvalue weighted by Gasteiger charge is -2.15. The molecule has 0 aliphatic heterocycles. The summed E-state index contributed by atoms with van der Waals surface area (Å²) in [5.74, 6) is 0.0160. The van der Waals surface area contributed by atoms with Gasteiger partial charge >= 0.3 is 0 Å². The van der Waals surface area contributed by atoms with Gasteiger partial charge in [-0.05, 0) is 48.4 Å². The lowest BCUT2D eigenvalue weighted by atomic mass is 9.92. The third-order valence-corrected chi connectivity index (χ3v) is 3.27. The maximum atomic E-state index is 12.8. The van der Waals surface area contributed by atoms with Crippen molar-refractivity contribution in [2.24, 2.45) is 5.73 Å². The van der Waals surface area contributed by atoms with Crippen molar-refractivity contribution in [2.75, 3.05) is 6.54 Å². The Morgan fingerprint density at radius 3 is 2.17 bits per heavy atom.